The number of halogens is 3. The summed E-state index contributed by atoms with van der Waals surface area (Å²) in [5.41, 5.74) is 2.18. The molecule has 2 aromatic carbocycles. The third-order valence-electron chi connectivity index (χ3n) is 3.84. The molecular weight excluding hydrogens is 422 g/mol. The van der Waals surface area contributed by atoms with Crippen LogP contribution in [0.15, 0.2) is 53.5 Å². The van der Waals surface area contributed by atoms with E-state index in [0.717, 1.165) is 4.47 Å². The van der Waals surface area contributed by atoms with E-state index < -0.39 is 18.2 Å². The van der Waals surface area contributed by atoms with E-state index in [1.54, 1.807) is 12.1 Å². The van der Waals surface area contributed by atoms with E-state index in [1.807, 2.05) is 6.07 Å². The predicted octanol–water partition coefficient (Wildman–Crippen LogP) is 4.10. The zero-order valence-electron chi connectivity index (χ0n) is 13.5. The van der Waals surface area contributed by atoms with Gasteiger partial charge in [0.15, 0.2) is 5.82 Å². The van der Waals surface area contributed by atoms with Crippen molar-refractivity contribution in [3.63, 3.8) is 0 Å². The van der Waals surface area contributed by atoms with Gasteiger partial charge in [0.25, 0.3) is 12.3 Å². The number of fused-ring (bicyclic) bond motifs is 1. The van der Waals surface area contributed by atoms with E-state index in [4.69, 9.17) is 0 Å². The number of imidazole rings is 1. The minimum absolute atomic E-state index is 0.302. The van der Waals surface area contributed by atoms with E-state index >= 15 is 0 Å². The van der Waals surface area contributed by atoms with Crippen LogP contribution in [0.4, 0.5) is 14.5 Å². The van der Waals surface area contributed by atoms with Crippen molar-refractivity contribution in [1.82, 2.24) is 24.7 Å². The lowest BCUT2D eigenvalue weighted by atomic mass is 10.1. The summed E-state index contributed by atoms with van der Waals surface area (Å²) in [6.45, 7) is 0. The number of hydrogen-bond acceptors (Lipinski definition) is 4. The van der Waals surface area contributed by atoms with Crippen molar-refractivity contribution in [3.05, 3.63) is 64.9 Å². The maximum absolute atomic E-state index is 12.8. The number of hydrogen-bond donors (Lipinski definition) is 2. The molecule has 7 nitrogen and oxygen atoms in total. The monoisotopic (exact) mass is 432 g/mol. The highest BCUT2D eigenvalue weighted by Gasteiger charge is 2.15. The zero-order valence-corrected chi connectivity index (χ0v) is 15.1. The number of aromatic amines is 1. The fraction of sp³-hybridized carbons (Fsp3) is 0.0588. The summed E-state index contributed by atoms with van der Waals surface area (Å²) in [6.07, 6.45) is 0.198. The molecule has 1 amide bonds. The van der Waals surface area contributed by atoms with Gasteiger partial charge in [-0.15, -0.1) is 0 Å². The smallest absolute Gasteiger partial charge is 0.295 e. The molecule has 0 spiro atoms. The first-order valence-corrected chi connectivity index (χ1v) is 8.54. The Labute approximate surface area is 159 Å². The van der Waals surface area contributed by atoms with E-state index in [0.29, 0.717) is 28.0 Å². The van der Waals surface area contributed by atoms with Crippen LogP contribution >= 0.6 is 15.9 Å². The Morgan fingerprint density at radius 3 is 2.81 bits per heavy atom. The number of aromatic nitrogens is 5. The van der Waals surface area contributed by atoms with Crippen LogP contribution in [-0.4, -0.2) is 30.6 Å². The fourth-order valence-electron chi connectivity index (χ4n) is 2.61. The Balaban J connectivity index is 1.66. The van der Waals surface area contributed by atoms with Crippen LogP contribution in [0.25, 0.3) is 16.7 Å². The third kappa shape index (κ3) is 3.43. The second kappa shape index (κ2) is 6.88. The van der Waals surface area contributed by atoms with Gasteiger partial charge in [-0.25, -0.2) is 23.4 Å². The van der Waals surface area contributed by atoms with Crippen LogP contribution in [0.2, 0.25) is 0 Å². The lowest BCUT2D eigenvalue weighted by molar-refractivity contribution is 0.102. The van der Waals surface area contributed by atoms with Crippen LogP contribution < -0.4 is 5.32 Å². The Morgan fingerprint density at radius 2 is 2.07 bits per heavy atom. The van der Waals surface area contributed by atoms with Gasteiger partial charge in [-0.3, -0.25) is 4.79 Å². The van der Waals surface area contributed by atoms with Crippen molar-refractivity contribution in [1.29, 1.82) is 0 Å². The molecule has 0 fully saturated rings. The number of anilines is 1. The number of alkyl halides is 2. The largest absolute Gasteiger partial charge is 0.337 e. The van der Waals surface area contributed by atoms with Gasteiger partial charge in [-0.1, -0.05) is 15.9 Å². The molecule has 4 rings (SSSR count). The summed E-state index contributed by atoms with van der Waals surface area (Å²) in [6, 6.07) is 9.86. The second-order valence-corrected chi connectivity index (χ2v) is 6.53. The predicted molar refractivity (Wildman–Crippen MR) is 98.1 cm³/mol. The van der Waals surface area contributed by atoms with Gasteiger partial charge in [-0.05, 0) is 36.4 Å². The molecule has 2 aromatic heterocycles. The van der Waals surface area contributed by atoms with Crippen LogP contribution in [0.1, 0.15) is 22.6 Å². The summed E-state index contributed by atoms with van der Waals surface area (Å²) < 4.78 is 27.8. The third-order valence-corrected chi connectivity index (χ3v) is 4.33. The normalized spacial score (nSPS) is 11.3. The summed E-state index contributed by atoms with van der Waals surface area (Å²) in [5, 5.41) is 6.88. The zero-order chi connectivity index (χ0) is 19.0. The topological polar surface area (TPSA) is 88.5 Å². The van der Waals surface area contributed by atoms with Crippen molar-refractivity contribution in [2.45, 2.75) is 6.43 Å². The molecule has 2 N–H and O–H groups in total. The molecule has 0 bridgehead atoms. The first-order valence-electron chi connectivity index (χ1n) is 7.75. The Bertz CT molecular complexity index is 1130. The fourth-order valence-corrected chi connectivity index (χ4v) is 2.97. The number of nitrogens with zero attached hydrogens (tertiary/aromatic N) is 4. The number of carbonyl (C=O) groups excluding carboxylic acids is 1. The Kier molecular flexibility index (Phi) is 4.40. The number of carbonyl (C=O) groups is 1. The molecule has 0 aliphatic heterocycles. The van der Waals surface area contributed by atoms with Gasteiger partial charge in [0.1, 0.15) is 12.7 Å². The molecule has 4 aromatic rings. The van der Waals surface area contributed by atoms with Crippen molar-refractivity contribution >= 4 is 38.6 Å². The summed E-state index contributed by atoms with van der Waals surface area (Å²) in [5.74, 6) is -0.826. The molecule has 136 valence electrons. The van der Waals surface area contributed by atoms with Crippen LogP contribution in [0.3, 0.4) is 0 Å². The molecule has 2 heterocycles. The molecule has 27 heavy (non-hydrogen) atoms. The Hall–Kier alpha value is -3.14. The van der Waals surface area contributed by atoms with E-state index in [9.17, 15) is 13.6 Å². The van der Waals surface area contributed by atoms with Crippen molar-refractivity contribution < 1.29 is 13.6 Å². The Morgan fingerprint density at radius 1 is 1.22 bits per heavy atom. The van der Waals surface area contributed by atoms with Crippen molar-refractivity contribution in [2.24, 2.45) is 0 Å². The maximum Gasteiger partial charge on any atom is 0.295 e. The van der Waals surface area contributed by atoms with Gasteiger partial charge < -0.3 is 10.3 Å². The number of H-pyrrole nitrogens is 1. The van der Waals surface area contributed by atoms with Crippen LogP contribution in [0.5, 0.6) is 0 Å². The standard InChI is InChI=1S/C17H11BrF2N6O/c18-10-2-4-14(26-8-21-7-22-26)13(6-10)25-17(27)9-1-3-11-12(5-9)24-16(23-11)15(19)20/h1-8,15H,(H,23,24)(H,25,27). The van der Waals surface area contributed by atoms with Gasteiger partial charge in [0.2, 0.25) is 0 Å². The van der Waals surface area contributed by atoms with Crippen LogP contribution in [-0.2, 0) is 0 Å². The molecule has 0 unspecified atom stereocenters. The highest BCUT2D eigenvalue weighted by atomic mass is 79.9. The summed E-state index contributed by atoms with van der Waals surface area (Å²) in [4.78, 5) is 22.9. The highest BCUT2D eigenvalue weighted by molar-refractivity contribution is 9.10. The lowest BCUT2D eigenvalue weighted by Crippen LogP contribution is -2.14. The minimum atomic E-state index is -2.71. The molecular formula is C17H11BrF2N6O. The molecule has 10 heteroatoms. The summed E-state index contributed by atoms with van der Waals surface area (Å²) >= 11 is 3.37. The van der Waals surface area contributed by atoms with Crippen LogP contribution in [0, 0.1) is 0 Å². The lowest BCUT2D eigenvalue weighted by Gasteiger charge is -2.11. The molecule has 0 atom stereocenters. The molecule has 0 saturated heterocycles. The first-order chi connectivity index (χ1) is 13.0. The highest BCUT2D eigenvalue weighted by Crippen LogP contribution is 2.26. The van der Waals surface area contributed by atoms with Crippen molar-refractivity contribution in [2.75, 3.05) is 5.32 Å². The van der Waals surface area contributed by atoms with Gasteiger partial charge >= 0.3 is 0 Å². The number of amides is 1. The molecule has 0 radical (unpaired) electrons. The van der Waals surface area contributed by atoms with Crippen molar-refractivity contribution in [3.8, 4) is 5.69 Å². The SMILES string of the molecule is O=C(Nc1cc(Br)ccc1-n1cncn1)c1ccc2nc(C(F)F)[nH]c2c1. The van der Waals surface area contributed by atoms with Gasteiger partial charge in [-0.2, -0.15) is 5.10 Å². The average molecular weight is 433 g/mol. The number of nitrogens with one attached hydrogen (secondary N) is 2. The van der Waals surface area contributed by atoms with E-state index in [-0.39, 0.29) is 0 Å². The molecule has 0 saturated carbocycles. The van der Waals surface area contributed by atoms with Gasteiger partial charge in [0.05, 0.1) is 22.4 Å². The average Bonchev–Trinajstić information content (AvgIpc) is 3.31. The quantitative estimate of drug-likeness (QED) is 0.508. The van der Waals surface area contributed by atoms with E-state index in [2.05, 4.69) is 41.3 Å². The molecule has 0 aliphatic rings. The second-order valence-electron chi connectivity index (χ2n) is 5.61. The first kappa shape index (κ1) is 17.3. The minimum Gasteiger partial charge on any atom is -0.337 e. The van der Waals surface area contributed by atoms with Gasteiger partial charge in [0, 0.05) is 10.0 Å². The summed E-state index contributed by atoms with van der Waals surface area (Å²) in [7, 11) is 0. The maximum atomic E-state index is 12.8. The number of benzene rings is 2. The van der Waals surface area contributed by atoms with E-state index in [1.165, 1.54) is 35.5 Å². The number of rotatable bonds is 4. The molecule has 0 aliphatic carbocycles.